The van der Waals surface area contributed by atoms with Crippen molar-refractivity contribution in [1.29, 1.82) is 0 Å². The van der Waals surface area contributed by atoms with Gasteiger partial charge in [0.15, 0.2) is 0 Å². The van der Waals surface area contributed by atoms with Gasteiger partial charge < -0.3 is 41.7 Å². The standard InChI is InChI=1S/C38H55N7O11/c46-32(41-23-11-7-15-30(36(52)53)43-38(56)44-31(37(54)55)19-20-34(48)49)17-3-1-2-4-18-33(47)42-29(35(50)51)16-8-12-24-45(25-27-13-5-9-21-39-27)26-28-14-6-10-22-40-28/h5-6,9-10,13-14,21-22,29-31H,1-4,7-8,11-12,15-20,23-26H2,(H,41,46)(H,42,47)(H,48,49)(H,50,51)(H,52,53)(H,54,55)(H2,43,44,56)/t29-,30+,31+/m1/s1. The highest BCUT2D eigenvalue weighted by Gasteiger charge is 2.25. The smallest absolute Gasteiger partial charge is 0.326 e. The van der Waals surface area contributed by atoms with Gasteiger partial charge in [-0.05, 0) is 88.6 Å². The summed E-state index contributed by atoms with van der Waals surface area (Å²) in [6.45, 7) is 2.25. The van der Waals surface area contributed by atoms with Crippen LogP contribution in [0.2, 0.25) is 0 Å². The third kappa shape index (κ3) is 21.3. The molecule has 308 valence electrons. The van der Waals surface area contributed by atoms with E-state index in [0.717, 1.165) is 17.8 Å². The Morgan fingerprint density at radius 3 is 1.55 bits per heavy atom. The number of carbonyl (C=O) groups excluding carboxylic acids is 3. The Labute approximate surface area is 325 Å². The van der Waals surface area contributed by atoms with Crippen molar-refractivity contribution in [3.05, 3.63) is 60.2 Å². The molecule has 3 atom stereocenters. The molecular formula is C38H55N7O11. The highest BCUT2D eigenvalue weighted by Crippen LogP contribution is 2.12. The summed E-state index contributed by atoms with van der Waals surface area (Å²) in [6.07, 6.45) is 8.02. The van der Waals surface area contributed by atoms with Gasteiger partial charge in [0, 0.05) is 51.3 Å². The number of aromatic nitrogens is 2. The number of aliphatic carboxylic acids is 4. The van der Waals surface area contributed by atoms with Crippen LogP contribution < -0.4 is 21.3 Å². The van der Waals surface area contributed by atoms with Gasteiger partial charge in [-0.15, -0.1) is 0 Å². The molecule has 0 aliphatic carbocycles. The molecule has 0 bridgehead atoms. The molecule has 0 saturated heterocycles. The Hall–Kier alpha value is -5.65. The number of hydrogen-bond acceptors (Lipinski definition) is 10. The number of amides is 4. The van der Waals surface area contributed by atoms with Crippen molar-refractivity contribution in [3.63, 3.8) is 0 Å². The average molecular weight is 786 g/mol. The quantitative estimate of drug-likeness (QED) is 0.0529. The molecule has 0 unspecified atom stereocenters. The summed E-state index contributed by atoms with van der Waals surface area (Å²) >= 11 is 0. The number of urea groups is 1. The average Bonchev–Trinajstić information content (AvgIpc) is 3.15. The van der Waals surface area contributed by atoms with Crippen LogP contribution in [0, 0.1) is 0 Å². The van der Waals surface area contributed by atoms with Crippen molar-refractivity contribution in [2.45, 2.75) is 121 Å². The Balaban J connectivity index is 1.58. The van der Waals surface area contributed by atoms with Gasteiger partial charge in [0.25, 0.3) is 0 Å². The molecule has 2 rings (SSSR count). The van der Waals surface area contributed by atoms with Gasteiger partial charge in [-0.1, -0.05) is 25.0 Å². The van der Waals surface area contributed by atoms with Crippen molar-refractivity contribution < 1.29 is 54.0 Å². The van der Waals surface area contributed by atoms with Crippen LogP contribution in [-0.2, 0) is 41.9 Å². The number of nitrogens with zero attached hydrogens (tertiary/aromatic N) is 3. The molecule has 0 aromatic carbocycles. The van der Waals surface area contributed by atoms with Crippen molar-refractivity contribution in [1.82, 2.24) is 36.1 Å². The van der Waals surface area contributed by atoms with Crippen LogP contribution in [0.15, 0.2) is 48.8 Å². The normalized spacial score (nSPS) is 12.5. The number of carboxylic acids is 4. The molecule has 0 fully saturated rings. The number of pyridine rings is 2. The first-order valence-electron chi connectivity index (χ1n) is 18.9. The van der Waals surface area contributed by atoms with Crippen LogP contribution in [0.5, 0.6) is 0 Å². The first-order chi connectivity index (χ1) is 26.8. The molecule has 0 aliphatic heterocycles. The van der Waals surface area contributed by atoms with Crippen molar-refractivity contribution in [2.75, 3.05) is 13.1 Å². The molecule has 18 heteroatoms. The third-order valence-electron chi connectivity index (χ3n) is 8.73. The number of unbranched alkanes of at least 4 members (excludes halogenated alkanes) is 5. The SMILES string of the molecule is O=C(O)CC[C@H](NC(=O)N[C@@H](CCCCNC(=O)CCCCCCC(=O)N[C@H](CCCCN(Cc1ccccn1)Cc1ccccn1)C(=O)O)C(=O)O)C(=O)O. The molecule has 56 heavy (non-hydrogen) atoms. The number of nitrogens with one attached hydrogen (secondary N) is 4. The summed E-state index contributed by atoms with van der Waals surface area (Å²) in [5.74, 6) is -5.61. The van der Waals surface area contributed by atoms with E-state index in [0.29, 0.717) is 71.0 Å². The van der Waals surface area contributed by atoms with Gasteiger partial charge in [-0.2, -0.15) is 0 Å². The zero-order valence-corrected chi connectivity index (χ0v) is 31.6. The second kappa shape index (κ2) is 27.0. The lowest BCUT2D eigenvalue weighted by atomic mass is 10.1. The summed E-state index contributed by atoms with van der Waals surface area (Å²) in [7, 11) is 0. The van der Waals surface area contributed by atoms with E-state index in [9.17, 15) is 43.8 Å². The second-order valence-corrected chi connectivity index (χ2v) is 13.4. The molecule has 0 radical (unpaired) electrons. The third-order valence-corrected chi connectivity index (χ3v) is 8.73. The van der Waals surface area contributed by atoms with Crippen LogP contribution >= 0.6 is 0 Å². The lowest BCUT2D eigenvalue weighted by Gasteiger charge is -2.22. The number of hydrogen-bond donors (Lipinski definition) is 8. The van der Waals surface area contributed by atoms with Gasteiger partial charge in [0.05, 0.1) is 11.4 Å². The summed E-state index contributed by atoms with van der Waals surface area (Å²) in [5.41, 5.74) is 1.85. The van der Waals surface area contributed by atoms with E-state index in [1.807, 2.05) is 36.4 Å². The van der Waals surface area contributed by atoms with Gasteiger partial charge in [-0.3, -0.25) is 29.3 Å². The maximum absolute atomic E-state index is 12.5. The van der Waals surface area contributed by atoms with Crippen molar-refractivity contribution in [2.24, 2.45) is 0 Å². The minimum Gasteiger partial charge on any atom is -0.481 e. The van der Waals surface area contributed by atoms with Gasteiger partial charge in [0.1, 0.15) is 18.1 Å². The first kappa shape index (κ1) is 46.5. The second-order valence-electron chi connectivity index (χ2n) is 13.4. The Kier molecular flexibility index (Phi) is 22.4. The molecule has 2 aromatic rings. The molecular weight excluding hydrogens is 730 g/mol. The number of rotatable bonds is 30. The molecule has 0 saturated carbocycles. The minimum absolute atomic E-state index is 0.0194. The minimum atomic E-state index is -1.50. The predicted octanol–water partition coefficient (Wildman–Crippen LogP) is 2.92. The Morgan fingerprint density at radius 2 is 1.05 bits per heavy atom. The van der Waals surface area contributed by atoms with Crippen LogP contribution in [0.1, 0.15) is 101 Å². The highest BCUT2D eigenvalue weighted by atomic mass is 16.4. The molecule has 0 aliphatic rings. The van der Waals surface area contributed by atoms with E-state index in [2.05, 4.69) is 36.1 Å². The maximum Gasteiger partial charge on any atom is 0.326 e. The molecule has 2 heterocycles. The molecule has 2 aromatic heterocycles. The molecule has 8 N–H and O–H groups in total. The van der Waals surface area contributed by atoms with Gasteiger partial charge in [-0.25, -0.2) is 19.2 Å². The first-order valence-corrected chi connectivity index (χ1v) is 18.9. The zero-order valence-electron chi connectivity index (χ0n) is 31.6. The number of carboxylic acid groups (broad SMARTS) is 4. The molecule has 18 nitrogen and oxygen atoms in total. The fourth-order valence-corrected chi connectivity index (χ4v) is 5.72. The van der Waals surface area contributed by atoms with Gasteiger partial charge >= 0.3 is 29.9 Å². The molecule has 4 amide bonds. The zero-order chi connectivity index (χ0) is 41.1. The highest BCUT2D eigenvalue weighted by molar-refractivity contribution is 5.86. The summed E-state index contributed by atoms with van der Waals surface area (Å²) in [5, 5.41) is 46.6. The fraction of sp³-hybridized carbons (Fsp3) is 0.553. The fourth-order valence-electron chi connectivity index (χ4n) is 5.72. The lowest BCUT2D eigenvalue weighted by molar-refractivity contribution is -0.142. The van der Waals surface area contributed by atoms with Crippen LogP contribution in [0.3, 0.4) is 0 Å². The summed E-state index contributed by atoms with van der Waals surface area (Å²) in [4.78, 5) is 93.2. The van der Waals surface area contributed by atoms with E-state index in [1.165, 1.54) is 0 Å². The number of carbonyl (C=O) groups is 7. The van der Waals surface area contributed by atoms with E-state index in [-0.39, 0.29) is 44.0 Å². The topological polar surface area (TPSA) is 278 Å². The lowest BCUT2D eigenvalue weighted by Crippen LogP contribution is -2.51. The van der Waals surface area contributed by atoms with E-state index in [4.69, 9.17) is 10.2 Å². The van der Waals surface area contributed by atoms with E-state index in [1.54, 1.807) is 12.4 Å². The Bertz CT molecular complexity index is 1490. The summed E-state index contributed by atoms with van der Waals surface area (Å²) in [6, 6.07) is 6.67. The van der Waals surface area contributed by atoms with Crippen molar-refractivity contribution >= 4 is 41.7 Å². The Morgan fingerprint density at radius 1 is 0.554 bits per heavy atom. The van der Waals surface area contributed by atoms with Crippen LogP contribution in [0.25, 0.3) is 0 Å². The van der Waals surface area contributed by atoms with Crippen LogP contribution in [-0.4, -0.2) is 108 Å². The maximum atomic E-state index is 12.5. The van der Waals surface area contributed by atoms with E-state index < -0.39 is 54.5 Å². The van der Waals surface area contributed by atoms with Crippen LogP contribution in [0.4, 0.5) is 4.79 Å². The van der Waals surface area contributed by atoms with E-state index >= 15 is 0 Å². The molecule has 0 spiro atoms. The van der Waals surface area contributed by atoms with Gasteiger partial charge in [0.2, 0.25) is 11.8 Å². The predicted molar refractivity (Wildman–Crippen MR) is 202 cm³/mol. The monoisotopic (exact) mass is 785 g/mol. The summed E-state index contributed by atoms with van der Waals surface area (Å²) < 4.78 is 0. The largest absolute Gasteiger partial charge is 0.481 e. The van der Waals surface area contributed by atoms with Crippen molar-refractivity contribution in [3.8, 4) is 0 Å².